The van der Waals surface area contributed by atoms with Crippen LogP contribution >= 0.6 is 11.3 Å². The highest BCUT2D eigenvalue weighted by Crippen LogP contribution is 2.39. The monoisotopic (exact) mass is 351 g/mol. The normalized spacial score (nSPS) is 16.6. The molecule has 0 N–H and O–H groups in total. The number of benzene rings is 2. The summed E-state index contributed by atoms with van der Waals surface area (Å²) in [6, 6.07) is 16.1. The van der Waals surface area contributed by atoms with Gasteiger partial charge >= 0.3 is 0 Å². The van der Waals surface area contributed by atoms with Crippen LogP contribution in [-0.4, -0.2) is 17.4 Å². The zero-order chi connectivity index (χ0) is 17.4. The third kappa shape index (κ3) is 2.87. The average molecular weight is 351 g/mol. The van der Waals surface area contributed by atoms with Crippen LogP contribution < -0.4 is 0 Å². The molecule has 0 unspecified atom stereocenters. The van der Waals surface area contributed by atoms with Gasteiger partial charge in [0.05, 0.1) is 6.04 Å². The molecule has 1 atom stereocenters. The largest absolute Gasteiger partial charge is 0.327 e. The highest BCUT2D eigenvalue weighted by molar-refractivity contribution is 7.10. The summed E-state index contributed by atoms with van der Waals surface area (Å²) in [7, 11) is 0. The molecule has 2 nitrogen and oxygen atoms in total. The second kappa shape index (κ2) is 6.45. The topological polar surface area (TPSA) is 20.3 Å². The number of hydrogen-bond donors (Lipinski definition) is 0. The van der Waals surface area contributed by atoms with E-state index in [1.807, 2.05) is 17.0 Å². The SMILES string of the molecule is Cc1ccccc1[C@H]1c2ccsc2CCN1C(=O)c1ccc(F)cc1. The summed E-state index contributed by atoms with van der Waals surface area (Å²) in [6.07, 6.45) is 0.863. The molecule has 0 saturated carbocycles. The molecule has 4 rings (SSSR count). The minimum Gasteiger partial charge on any atom is -0.327 e. The number of amides is 1. The van der Waals surface area contributed by atoms with Crippen molar-refractivity contribution >= 4 is 17.2 Å². The van der Waals surface area contributed by atoms with Gasteiger partial charge in [0.25, 0.3) is 5.91 Å². The van der Waals surface area contributed by atoms with Crippen LogP contribution in [0, 0.1) is 12.7 Å². The van der Waals surface area contributed by atoms with Gasteiger partial charge in [-0.1, -0.05) is 24.3 Å². The van der Waals surface area contributed by atoms with Gasteiger partial charge in [-0.2, -0.15) is 0 Å². The van der Waals surface area contributed by atoms with Crippen molar-refractivity contribution < 1.29 is 9.18 Å². The first kappa shape index (κ1) is 16.0. The van der Waals surface area contributed by atoms with Crippen molar-refractivity contribution in [1.29, 1.82) is 0 Å². The van der Waals surface area contributed by atoms with Crippen LogP contribution in [0.25, 0.3) is 0 Å². The number of carbonyl (C=O) groups excluding carboxylic acids is 1. The Morgan fingerprint density at radius 1 is 1.08 bits per heavy atom. The van der Waals surface area contributed by atoms with Gasteiger partial charge in [-0.15, -0.1) is 11.3 Å². The van der Waals surface area contributed by atoms with Crippen LogP contribution in [-0.2, 0) is 6.42 Å². The summed E-state index contributed by atoms with van der Waals surface area (Å²) < 4.78 is 13.2. The van der Waals surface area contributed by atoms with Crippen molar-refractivity contribution in [2.24, 2.45) is 0 Å². The predicted molar refractivity (Wildman–Crippen MR) is 98.5 cm³/mol. The quantitative estimate of drug-likeness (QED) is 0.637. The number of fused-ring (bicyclic) bond motifs is 1. The van der Waals surface area contributed by atoms with Gasteiger partial charge in [0.1, 0.15) is 5.82 Å². The first-order valence-corrected chi connectivity index (χ1v) is 9.21. The Labute approximate surface area is 150 Å². The fourth-order valence-corrected chi connectivity index (χ4v) is 4.43. The molecular weight excluding hydrogens is 333 g/mol. The minimum atomic E-state index is -0.328. The van der Waals surface area contributed by atoms with Crippen molar-refractivity contribution in [3.8, 4) is 0 Å². The Morgan fingerprint density at radius 3 is 2.60 bits per heavy atom. The third-order valence-electron chi connectivity index (χ3n) is 4.80. The summed E-state index contributed by atoms with van der Waals surface area (Å²) in [6.45, 7) is 2.75. The molecule has 0 bridgehead atoms. The smallest absolute Gasteiger partial charge is 0.254 e. The van der Waals surface area contributed by atoms with E-state index in [-0.39, 0.29) is 17.8 Å². The van der Waals surface area contributed by atoms with E-state index in [9.17, 15) is 9.18 Å². The number of aryl methyl sites for hydroxylation is 1. The molecule has 1 aliphatic rings. The van der Waals surface area contributed by atoms with E-state index >= 15 is 0 Å². The van der Waals surface area contributed by atoms with E-state index in [4.69, 9.17) is 0 Å². The van der Waals surface area contributed by atoms with Crippen molar-refractivity contribution in [3.63, 3.8) is 0 Å². The Bertz CT molecular complexity index is 916. The van der Waals surface area contributed by atoms with Gasteiger partial charge in [0.2, 0.25) is 0 Å². The van der Waals surface area contributed by atoms with Crippen LogP contribution in [0.4, 0.5) is 4.39 Å². The van der Waals surface area contributed by atoms with Crippen molar-refractivity contribution in [3.05, 3.63) is 92.9 Å². The number of rotatable bonds is 2. The highest BCUT2D eigenvalue weighted by atomic mass is 32.1. The summed E-state index contributed by atoms with van der Waals surface area (Å²) in [4.78, 5) is 16.4. The Morgan fingerprint density at radius 2 is 1.84 bits per heavy atom. The van der Waals surface area contributed by atoms with Crippen LogP contribution in [0.15, 0.2) is 60.0 Å². The van der Waals surface area contributed by atoms with E-state index in [1.165, 1.54) is 28.1 Å². The lowest BCUT2D eigenvalue weighted by Crippen LogP contribution is -2.40. The Kier molecular flexibility index (Phi) is 4.14. The molecule has 2 heterocycles. The molecular formula is C21H18FNOS. The van der Waals surface area contributed by atoms with E-state index in [0.717, 1.165) is 12.0 Å². The molecule has 0 radical (unpaired) electrons. The maximum atomic E-state index is 13.2. The standard InChI is InChI=1S/C21H18FNOS/c1-14-4-2-3-5-17(14)20-18-11-13-25-19(18)10-12-23(20)21(24)15-6-8-16(22)9-7-15/h2-9,11,13,20H,10,12H2,1H3/t20-/m0/s1. The maximum Gasteiger partial charge on any atom is 0.254 e. The highest BCUT2D eigenvalue weighted by Gasteiger charge is 2.33. The average Bonchev–Trinajstić information content (AvgIpc) is 3.10. The summed E-state index contributed by atoms with van der Waals surface area (Å²) in [5.41, 5.74) is 4.06. The number of halogens is 1. The van der Waals surface area contributed by atoms with Gasteiger partial charge in [-0.25, -0.2) is 4.39 Å². The summed E-state index contributed by atoms with van der Waals surface area (Å²) >= 11 is 1.75. The first-order valence-electron chi connectivity index (χ1n) is 8.33. The van der Waals surface area contributed by atoms with Gasteiger partial charge in [-0.05, 0) is 65.7 Å². The fraction of sp³-hybridized carbons (Fsp3) is 0.190. The number of thiophene rings is 1. The lowest BCUT2D eigenvalue weighted by molar-refractivity contribution is 0.0695. The summed E-state index contributed by atoms with van der Waals surface area (Å²) in [5.74, 6) is -0.379. The van der Waals surface area contributed by atoms with Gasteiger partial charge < -0.3 is 4.90 Å². The van der Waals surface area contributed by atoms with Crippen molar-refractivity contribution in [2.45, 2.75) is 19.4 Å². The Balaban J connectivity index is 1.79. The minimum absolute atomic E-state index is 0.0508. The van der Waals surface area contributed by atoms with E-state index in [1.54, 1.807) is 23.5 Å². The van der Waals surface area contributed by atoms with Crippen molar-refractivity contribution in [2.75, 3.05) is 6.54 Å². The lowest BCUT2D eigenvalue weighted by atomic mass is 9.90. The molecule has 25 heavy (non-hydrogen) atoms. The Hall–Kier alpha value is -2.46. The van der Waals surface area contributed by atoms with E-state index in [2.05, 4.69) is 30.5 Å². The zero-order valence-electron chi connectivity index (χ0n) is 13.9. The van der Waals surface area contributed by atoms with Crippen LogP contribution in [0.1, 0.15) is 38.0 Å². The molecule has 0 fully saturated rings. The molecule has 1 aliphatic heterocycles. The maximum absolute atomic E-state index is 13.2. The van der Waals surface area contributed by atoms with Gasteiger partial charge in [-0.3, -0.25) is 4.79 Å². The van der Waals surface area contributed by atoms with E-state index in [0.29, 0.717) is 12.1 Å². The molecule has 1 amide bonds. The fourth-order valence-electron chi connectivity index (χ4n) is 3.52. The van der Waals surface area contributed by atoms with Gasteiger partial charge in [0, 0.05) is 17.0 Å². The molecule has 2 aromatic carbocycles. The molecule has 1 aromatic heterocycles. The second-order valence-electron chi connectivity index (χ2n) is 6.31. The molecule has 0 saturated heterocycles. The number of carbonyl (C=O) groups is 1. The number of nitrogens with zero attached hydrogens (tertiary/aromatic N) is 1. The second-order valence-corrected chi connectivity index (χ2v) is 7.31. The predicted octanol–water partition coefficient (Wildman–Crippen LogP) is 4.98. The van der Waals surface area contributed by atoms with Crippen LogP contribution in [0.3, 0.4) is 0 Å². The third-order valence-corrected chi connectivity index (χ3v) is 5.80. The first-order chi connectivity index (χ1) is 12.1. The number of hydrogen-bond acceptors (Lipinski definition) is 2. The molecule has 126 valence electrons. The zero-order valence-corrected chi connectivity index (χ0v) is 14.7. The van der Waals surface area contributed by atoms with Crippen LogP contribution in [0.5, 0.6) is 0 Å². The van der Waals surface area contributed by atoms with Crippen molar-refractivity contribution in [1.82, 2.24) is 4.90 Å². The molecule has 0 aliphatic carbocycles. The molecule has 4 heteroatoms. The molecule has 3 aromatic rings. The summed E-state index contributed by atoms with van der Waals surface area (Å²) in [5, 5.41) is 2.10. The molecule has 0 spiro atoms. The van der Waals surface area contributed by atoms with E-state index < -0.39 is 0 Å². The van der Waals surface area contributed by atoms with Crippen LogP contribution in [0.2, 0.25) is 0 Å². The van der Waals surface area contributed by atoms with Gasteiger partial charge in [0.15, 0.2) is 0 Å². The lowest BCUT2D eigenvalue weighted by Gasteiger charge is -2.37.